The lowest BCUT2D eigenvalue weighted by atomic mass is 9.63. The van der Waals surface area contributed by atoms with Crippen molar-refractivity contribution in [2.75, 3.05) is 10.2 Å². The van der Waals surface area contributed by atoms with E-state index in [9.17, 15) is 14.4 Å². The monoisotopic (exact) mass is 469 g/mol. The van der Waals surface area contributed by atoms with Crippen molar-refractivity contribution in [3.8, 4) is 11.3 Å². The van der Waals surface area contributed by atoms with E-state index in [0.29, 0.717) is 10.8 Å². The number of thiazole rings is 1. The van der Waals surface area contributed by atoms with Crippen LogP contribution in [-0.2, 0) is 20.8 Å². The summed E-state index contributed by atoms with van der Waals surface area (Å²) in [6.07, 6.45) is 6.39. The first-order chi connectivity index (χ1) is 16.6. The number of nitrogens with one attached hydrogen (secondary N) is 1. The van der Waals surface area contributed by atoms with Crippen molar-refractivity contribution in [3.05, 3.63) is 77.7 Å². The first-order valence-corrected chi connectivity index (χ1v) is 12.4. The number of amides is 3. The summed E-state index contributed by atoms with van der Waals surface area (Å²) in [4.78, 5) is 44.6. The van der Waals surface area contributed by atoms with E-state index in [2.05, 4.69) is 22.5 Å². The van der Waals surface area contributed by atoms with Crippen molar-refractivity contribution in [1.82, 2.24) is 4.98 Å². The maximum Gasteiger partial charge on any atom is 0.238 e. The highest BCUT2D eigenvalue weighted by atomic mass is 32.1. The van der Waals surface area contributed by atoms with E-state index in [1.54, 1.807) is 12.1 Å². The normalized spacial score (nSPS) is 25.0. The van der Waals surface area contributed by atoms with Gasteiger partial charge in [-0.3, -0.25) is 19.3 Å². The molecule has 0 spiro atoms. The molecule has 1 aliphatic heterocycles. The van der Waals surface area contributed by atoms with Gasteiger partial charge in [0, 0.05) is 10.9 Å². The Kier molecular flexibility index (Phi) is 5.14. The zero-order valence-corrected chi connectivity index (χ0v) is 19.2. The van der Waals surface area contributed by atoms with Crippen molar-refractivity contribution in [1.29, 1.82) is 0 Å². The molecule has 0 radical (unpaired) electrons. The van der Waals surface area contributed by atoms with Crippen LogP contribution in [0.1, 0.15) is 18.4 Å². The molecule has 34 heavy (non-hydrogen) atoms. The lowest BCUT2D eigenvalue weighted by molar-refractivity contribution is -0.124. The van der Waals surface area contributed by atoms with Gasteiger partial charge in [0.15, 0.2) is 5.13 Å². The number of aromatic nitrogens is 1. The molecule has 1 saturated heterocycles. The fraction of sp³-hybridized carbons (Fsp3) is 0.259. The molecule has 6 nitrogen and oxygen atoms in total. The second-order valence-electron chi connectivity index (χ2n) is 9.15. The molecule has 4 atom stereocenters. The van der Waals surface area contributed by atoms with Gasteiger partial charge in [0.1, 0.15) is 0 Å². The van der Waals surface area contributed by atoms with Gasteiger partial charge >= 0.3 is 0 Å². The minimum atomic E-state index is -0.222. The highest BCUT2D eigenvalue weighted by molar-refractivity contribution is 7.14. The van der Waals surface area contributed by atoms with E-state index < -0.39 is 0 Å². The molecule has 7 rings (SSSR count). The van der Waals surface area contributed by atoms with E-state index in [-0.39, 0.29) is 47.8 Å². The minimum Gasteiger partial charge on any atom is -0.302 e. The number of hydrogen-bond donors (Lipinski definition) is 1. The summed E-state index contributed by atoms with van der Waals surface area (Å²) in [5.41, 5.74) is 3.22. The van der Waals surface area contributed by atoms with E-state index in [1.165, 1.54) is 16.2 Å². The highest BCUT2D eigenvalue weighted by Crippen LogP contribution is 2.50. The van der Waals surface area contributed by atoms with Gasteiger partial charge in [-0.15, -0.1) is 11.3 Å². The van der Waals surface area contributed by atoms with Crippen molar-refractivity contribution in [3.63, 3.8) is 0 Å². The van der Waals surface area contributed by atoms with Crippen LogP contribution < -0.4 is 10.2 Å². The molecule has 2 aromatic carbocycles. The van der Waals surface area contributed by atoms with E-state index in [0.717, 1.165) is 29.7 Å². The number of hydrogen-bond acceptors (Lipinski definition) is 5. The Balaban J connectivity index is 1.12. The first-order valence-electron chi connectivity index (χ1n) is 11.5. The van der Waals surface area contributed by atoms with Gasteiger partial charge in [0.05, 0.1) is 29.6 Å². The molecule has 170 valence electrons. The van der Waals surface area contributed by atoms with Gasteiger partial charge in [-0.05, 0) is 42.4 Å². The molecule has 2 fully saturated rings. The Morgan fingerprint density at radius 3 is 2.21 bits per heavy atom. The molecule has 1 saturated carbocycles. The second kappa shape index (κ2) is 8.33. The van der Waals surface area contributed by atoms with Crippen LogP contribution in [0.2, 0.25) is 0 Å². The number of allylic oxidation sites excluding steroid dienone is 2. The number of imide groups is 1. The van der Waals surface area contributed by atoms with Crippen LogP contribution in [0.3, 0.4) is 0 Å². The number of carbonyl (C=O) groups excluding carboxylic acids is 3. The number of fused-ring (bicyclic) bond motifs is 1. The van der Waals surface area contributed by atoms with Gasteiger partial charge in [-0.1, -0.05) is 54.6 Å². The lowest BCUT2D eigenvalue weighted by Crippen LogP contribution is -2.38. The lowest BCUT2D eigenvalue weighted by Gasteiger charge is -2.38. The Morgan fingerprint density at radius 1 is 0.941 bits per heavy atom. The van der Waals surface area contributed by atoms with E-state index in [1.807, 2.05) is 47.8 Å². The van der Waals surface area contributed by atoms with Crippen LogP contribution in [0, 0.1) is 23.7 Å². The third kappa shape index (κ3) is 3.56. The second-order valence-corrected chi connectivity index (χ2v) is 10.0. The Bertz CT molecular complexity index is 1270. The predicted octanol–water partition coefficient (Wildman–Crippen LogP) is 4.69. The van der Waals surface area contributed by atoms with Gasteiger partial charge in [0.25, 0.3) is 0 Å². The summed E-state index contributed by atoms with van der Waals surface area (Å²) in [7, 11) is 0. The van der Waals surface area contributed by atoms with E-state index >= 15 is 0 Å². The molecular weight excluding hydrogens is 446 g/mol. The van der Waals surface area contributed by atoms with E-state index in [4.69, 9.17) is 0 Å². The molecule has 2 bridgehead atoms. The molecule has 2 heterocycles. The van der Waals surface area contributed by atoms with Gasteiger partial charge in [0.2, 0.25) is 17.7 Å². The van der Waals surface area contributed by atoms with Crippen LogP contribution in [0.15, 0.2) is 72.1 Å². The maximum atomic E-state index is 13.1. The summed E-state index contributed by atoms with van der Waals surface area (Å²) < 4.78 is 0. The number of carbonyl (C=O) groups is 3. The number of anilines is 2. The number of benzene rings is 2. The Hall–Kier alpha value is -3.58. The smallest absolute Gasteiger partial charge is 0.238 e. The molecule has 4 unspecified atom stereocenters. The molecule has 4 aliphatic rings. The minimum absolute atomic E-state index is 0.0856. The Morgan fingerprint density at radius 2 is 1.59 bits per heavy atom. The zero-order chi connectivity index (χ0) is 23.2. The molecule has 7 heteroatoms. The number of rotatable bonds is 5. The van der Waals surface area contributed by atoms with Crippen LogP contribution in [0.4, 0.5) is 10.8 Å². The maximum absolute atomic E-state index is 13.1. The van der Waals surface area contributed by atoms with Crippen molar-refractivity contribution < 1.29 is 14.4 Å². The van der Waals surface area contributed by atoms with Crippen molar-refractivity contribution in [2.45, 2.75) is 19.3 Å². The largest absolute Gasteiger partial charge is 0.302 e. The molecular formula is C27H23N3O3S. The van der Waals surface area contributed by atoms with Crippen LogP contribution in [0.25, 0.3) is 11.3 Å². The highest BCUT2D eigenvalue weighted by Gasteiger charge is 2.56. The fourth-order valence-electron chi connectivity index (χ4n) is 5.51. The molecule has 1 N–H and O–H groups in total. The van der Waals surface area contributed by atoms with Crippen molar-refractivity contribution >= 4 is 39.9 Å². The third-order valence-corrected chi connectivity index (χ3v) is 7.90. The van der Waals surface area contributed by atoms with Crippen LogP contribution in [-0.4, -0.2) is 22.7 Å². The molecule has 1 aromatic heterocycles. The average Bonchev–Trinajstić information content (AvgIpc) is 3.44. The summed E-state index contributed by atoms with van der Waals surface area (Å²) in [6, 6.07) is 17.0. The standard InChI is InChI=1S/C27H23N3O3S/c31-22(29-27-28-21(15-34-27)17-4-2-1-3-5-17)14-16-6-12-20(13-7-16)30-25(32)23-18-8-9-19(11-10-18)24(23)26(30)33/h1-9,12-13,15,18-19,23-24H,10-11,14H2,(H,28,29,31). The molecule has 3 aliphatic carbocycles. The zero-order valence-electron chi connectivity index (χ0n) is 18.4. The fourth-order valence-corrected chi connectivity index (χ4v) is 6.25. The van der Waals surface area contributed by atoms with Gasteiger partial charge in [-0.2, -0.15) is 0 Å². The Labute approximate surface area is 201 Å². The third-order valence-electron chi connectivity index (χ3n) is 7.14. The van der Waals surface area contributed by atoms with Gasteiger partial charge < -0.3 is 5.32 Å². The van der Waals surface area contributed by atoms with Crippen LogP contribution >= 0.6 is 11.3 Å². The quantitative estimate of drug-likeness (QED) is 0.434. The SMILES string of the molecule is O=C(Cc1ccc(N2C(=O)C3C4C=CC(CC4)C3C2=O)cc1)Nc1nc(-c2ccccc2)cs1. The average molecular weight is 470 g/mol. The summed E-state index contributed by atoms with van der Waals surface area (Å²) in [5.74, 6) is -0.430. The van der Waals surface area contributed by atoms with Crippen LogP contribution in [0.5, 0.6) is 0 Å². The summed E-state index contributed by atoms with van der Waals surface area (Å²) in [6.45, 7) is 0. The first kappa shape index (κ1) is 21.0. The predicted molar refractivity (Wildman–Crippen MR) is 131 cm³/mol. The van der Waals surface area contributed by atoms with Gasteiger partial charge in [-0.25, -0.2) is 4.98 Å². The summed E-state index contributed by atoms with van der Waals surface area (Å²) in [5, 5.41) is 5.33. The molecule has 3 aromatic rings. The summed E-state index contributed by atoms with van der Waals surface area (Å²) >= 11 is 1.39. The molecule has 3 amide bonds. The van der Waals surface area contributed by atoms with Crippen molar-refractivity contribution in [2.24, 2.45) is 23.7 Å². The topological polar surface area (TPSA) is 79.4 Å². The number of nitrogens with zero attached hydrogens (tertiary/aromatic N) is 2.